The van der Waals surface area contributed by atoms with E-state index >= 15 is 0 Å². The van der Waals surface area contributed by atoms with Crippen LogP contribution in [0.1, 0.15) is 11.1 Å². The third kappa shape index (κ3) is 3.05. The number of hydrogen-bond acceptors (Lipinski definition) is 1. The van der Waals surface area contributed by atoms with Gasteiger partial charge in [0, 0.05) is 6.54 Å². The van der Waals surface area contributed by atoms with Gasteiger partial charge in [-0.3, -0.25) is 0 Å². The molecule has 92 valence electrons. The van der Waals surface area contributed by atoms with Crippen molar-refractivity contribution in [3.05, 3.63) is 77.6 Å². The van der Waals surface area contributed by atoms with E-state index < -0.39 is 0 Å². The molecule has 0 amide bonds. The Labute approximate surface area is 107 Å². The summed E-state index contributed by atoms with van der Waals surface area (Å²) in [6, 6.07) is 16.7. The van der Waals surface area contributed by atoms with Crippen molar-refractivity contribution in [2.75, 3.05) is 13.6 Å². The Morgan fingerprint density at radius 3 is 2.22 bits per heavy atom. The first-order valence-electron chi connectivity index (χ1n) is 5.97. The molecule has 2 heteroatoms. The maximum Gasteiger partial charge on any atom is 0.123 e. The van der Waals surface area contributed by atoms with Crippen LogP contribution in [0.5, 0.6) is 0 Å². The second kappa shape index (κ2) is 6.12. The van der Waals surface area contributed by atoms with Gasteiger partial charge in [0.1, 0.15) is 5.82 Å². The van der Waals surface area contributed by atoms with E-state index in [1.807, 2.05) is 37.4 Å². The topological polar surface area (TPSA) is 12.0 Å². The highest BCUT2D eigenvalue weighted by Gasteiger charge is 2.04. The molecule has 0 heterocycles. The standard InChI is InChI=1S/C16H16FN/c1-18-12-11-16(13-5-3-2-4-6-13)14-7-9-15(17)10-8-14/h2-11,18H,12H2,1H3/b16-11+. The van der Waals surface area contributed by atoms with Crippen molar-refractivity contribution < 1.29 is 4.39 Å². The number of likely N-dealkylation sites (N-methyl/N-ethyl adjacent to an activating group) is 1. The van der Waals surface area contributed by atoms with Crippen LogP contribution < -0.4 is 5.32 Å². The first kappa shape index (κ1) is 12.5. The van der Waals surface area contributed by atoms with Crippen LogP contribution in [0, 0.1) is 5.82 Å². The molecule has 0 saturated heterocycles. The molecular formula is C16H16FN. The quantitative estimate of drug-likeness (QED) is 0.864. The van der Waals surface area contributed by atoms with Gasteiger partial charge in [-0.25, -0.2) is 4.39 Å². The lowest BCUT2D eigenvalue weighted by molar-refractivity contribution is 0.627. The lowest BCUT2D eigenvalue weighted by Crippen LogP contribution is -2.05. The molecular weight excluding hydrogens is 225 g/mol. The summed E-state index contributed by atoms with van der Waals surface area (Å²) in [6.07, 6.45) is 2.11. The minimum absolute atomic E-state index is 0.209. The second-order valence-corrected chi connectivity index (χ2v) is 4.05. The maximum absolute atomic E-state index is 13.0. The van der Waals surface area contributed by atoms with Crippen molar-refractivity contribution >= 4 is 5.57 Å². The van der Waals surface area contributed by atoms with Gasteiger partial charge in [-0.1, -0.05) is 48.5 Å². The predicted octanol–water partition coefficient (Wildman–Crippen LogP) is 3.48. The van der Waals surface area contributed by atoms with Crippen molar-refractivity contribution in [2.24, 2.45) is 0 Å². The fourth-order valence-corrected chi connectivity index (χ4v) is 1.85. The van der Waals surface area contributed by atoms with E-state index in [2.05, 4.69) is 23.5 Å². The van der Waals surface area contributed by atoms with Crippen molar-refractivity contribution in [2.45, 2.75) is 0 Å². The zero-order valence-electron chi connectivity index (χ0n) is 10.4. The van der Waals surface area contributed by atoms with Gasteiger partial charge in [0.05, 0.1) is 0 Å². The molecule has 18 heavy (non-hydrogen) atoms. The van der Waals surface area contributed by atoms with Gasteiger partial charge >= 0.3 is 0 Å². The van der Waals surface area contributed by atoms with Crippen LogP contribution in [-0.4, -0.2) is 13.6 Å². The SMILES string of the molecule is CNC/C=C(\c1ccccc1)c1ccc(F)cc1. The van der Waals surface area contributed by atoms with Gasteiger partial charge in [0.2, 0.25) is 0 Å². The van der Waals surface area contributed by atoms with Crippen molar-refractivity contribution in [1.82, 2.24) is 5.32 Å². The molecule has 0 bridgehead atoms. The normalized spacial score (nSPS) is 11.6. The highest BCUT2D eigenvalue weighted by Crippen LogP contribution is 2.23. The van der Waals surface area contributed by atoms with Gasteiger partial charge in [0.25, 0.3) is 0 Å². The number of halogens is 1. The maximum atomic E-state index is 13.0. The van der Waals surface area contributed by atoms with Crippen molar-refractivity contribution in [3.8, 4) is 0 Å². The summed E-state index contributed by atoms with van der Waals surface area (Å²) in [6.45, 7) is 0.779. The number of benzene rings is 2. The molecule has 2 rings (SSSR count). The van der Waals surface area contributed by atoms with Gasteiger partial charge < -0.3 is 5.32 Å². The molecule has 2 aromatic rings. The van der Waals surface area contributed by atoms with E-state index in [0.29, 0.717) is 0 Å². The van der Waals surface area contributed by atoms with Gasteiger partial charge in [-0.15, -0.1) is 0 Å². The first-order valence-corrected chi connectivity index (χ1v) is 5.97. The van der Waals surface area contributed by atoms with E-state index in [4.69, 9.17) is 0 Å². The van der Waals surface area contributed by atoms with Crippen LogP contribution in [-0.2, 0) is 0 Å². The smallest absolute Gasteiger partial charge is 0.123 e. The number of rotatable bonds is 4. The third-order valence-electron chi connectivity index (χ3n) is 2.75. The molecule has 1 N–H and O–H groups in total. The Balaban J connectivity index is 2.40. The van der Waals surface area contributed by atoms with Crippen molar-refractivity contribution in [1.29, 1.82) is 0 Å². The lowest BCUT2D eigenvalue weighted by atomic mass is 9.97. The van der Waals surface area contributed by atoms with Gasteiger partial charge in [-0.05, 0) is 35.9 Å². The average molecular weight is 241 g/mol. The highest BCUT2D eigenvalue weighted by atomic mass is 19.1. The van der Waals surface area contributed by atoms with Crippen LogP contribution in [0.15, 0.2) is 60.7 Å². The Bertz CT molecular complexity index is 515. The van der Waals surface area contributed by atoms with Crippen molar-refractivity contribution in [3.63, 3.8) is 0 Å². The second-order valence-electron chi connectivity index (χ2n) is 4.05. The molecule has 0 radical (unpaired) electrons. The minimum Gasteiger partial charge on any atom is -0.316 e. The molecule has 0 fully saturated rings. The molecule has 0 aliphatic heterocycles. The Morgan fingerprint density at radius 2 is 1.61 bits per heavy atom. The molecule has 2 aromatic carbocycles. The van der Waals surface area contributed by atoms with E-state index in [0.717, 1.165) is 23.2 Å². The first-order chi connectivity index (χ1) is 8.81. The summed E-state index contributed by atoms with van der Waals surface area (Å²) in [5.41, 5.74) is 3.28. The largest absolute Gasteiger partial charge is 0.316 e. The summed E-state index contributed by atoms with van der Waals surface area (Å²) in [4.78, 5) is 0. The van der Waals surface area contributed by atoms with Crippen LogP contribution in [0.2, 0.25) is 0 Å². The van der Waals surface area contributed by atoms with Crippen LogP contribution in [0.4, 0.5) is 4.39 Å². The number of hydrogen-bond donors (Lipinski definition) is 1. The number of nitrogens with one attached hydrogen (secondary N) is 1. The summed E-state index contributed by atoms with van der Waals surface area (Å²) in [5.74, 6) is -0.209. The molecule has 0 saturated carbocycles. The Morgan fingerprint density at radius 1 is 1.00 bits per heavy atom. The molecule has 0 aliphatic rings. The molecule has 0 unspecified atom stereocenters. The molecule has 0 aromatic heterocycles. The molecule has 0 spiro atoms. The van der Waals surface area contributed by atoms with Gasteiger partial charge in [-0.2, -0.15) is 0 Å². The highest BCUT2D eigenvalue weighted by molar-refractivity contribution is 5.79. The van der Waals surface area contributed by atoms with E-state index in [1.54, 1.807) is 0 Å². The average Bonchev–Trinajstić information content (AvgIpc) is 2.42. The van der Waals surface area contributed by atoms with Crippen LogP contribution >= 0.6 is 0 Å². The van der Waals surface area contributed by atoms with Crippen LogP contribution in [0.3, 0.4) is 0 Å². The fraction of sp³-hybridized carbons (Fsp3) is 0.125. The zero-order chi connectivity index (χ0) is 12.8. The Hall–Kier alpha value is -1.93. The van der Waals surface area contributed by atoms with E-state index in [9.17, 15) is 4.39 Å². The lowest BCUT2D eigenvalue weighted by Gasteiger charge is -2.08. The monoisotopic (exact) mass is 241 g/mol. The van der Waals surface area contributed by atoms with Crippen LogP contribution in [0.25, 0.3) is 5.57 Å². The van der Waals surface area contributed by atoms with Gasteiger partial charge in [0.15, 0.2) is 0 Å². The predicted molar refractivity (Wildman–Crippen MR) is 73.8 cm³/mol. The summed E-state index contributed by atoms with van der Waals surface area (Å²) < 4.78 is 13.0. The third-order valence-corrected chi connectivity index (χ3v) is 2.75. The molecule has 0 atom stereocenters. The van der Waals surface area contributed by atoms with E-state index in [1.165, 1.54) is 12.1 Å². The summed E-state index contributed by atoms with van der Waals surface area (Å²) in [5, 5.41) is 3.10. The minimum atomic E-state index is -0.209. The van der Waals surface area contributed by atoms with E-state index in [-0.39, 0.29) is 5.82 Å². The zero-order valence-corrected chi connectivity index (χ0v) is 10.4. The summed E-state index contributed by atoms with van der Waals surface area (Å²) >= 11 is 0. The fourth-order valence-electron chi connectivity index (χ4n) is 1.85. The molecule has 1 nitrogen and oxygen atoms in total. The summed E-state index contributed by atoms with van der Waals surface area (Å²) in [7, 11) is 1.91. The molecule has 0 aliphatic carbocycles. The Kier molecular flexibility index (Phi) is 4.26.